The number of imidazole rings is 1. The number of hydrogen-bond acceptors (Lipinski definition) is 4. The third-order valence-electron chi connectivity index (χ3n) is 10.7. The van der Waals surface area contributed by atoms with Crippen LogP contribution in [0.5, 0.6) is 5.75 Å². The van der Waals surface area contributed by atoms with Gasteiger partial charge in [-0.2, -0.15) is 0 Å². The van der Waals surface area contributed by atoms with Crippen LogP contribution in [-0.2, 0) is 26.5 Å². The van der Waals surface area contributed by atoms with Crippen LogP contribution in [0.2, 0.25) is 0 Å². The molecule has 0 saturated carbocycles. The molecule has 0 aliphatic carbocycles. The van der Waals surface area contributed by atoms with Crippen LogP contribution in [0, 0.1) is 6.07 Å². The predicted molar refractivity (Wildman–Crippen MR) is 219 cm³/mol. The van der Waals surface area contributed by atoms with Gasteiger partial charge in [-0.3, -0.25) is 9.55 Å². The van der Waals surface area contributed by atoms with Crippen molar-refractivity contribution in [1.82, 2.24) is 14.5 Å². The van der Waals surface area contributed by atoms with Gasteiger partial charge in [-0.1, -0.05) is 134 Å². The van der Waals surface area contributed by atoms with Gasteiger partial charge in [0.05, 0.1) is 22.8 Å². The van der Waals surface area contributed by atoms with E-state index in [0.29, 0.717) is 11.4 Å². The first-order chi connectivity index (χ1) is 26.4. The van der Waals surface area contributed by atoms with Crippen molar-refractivity contribution < 1.29 is 30.6 Å². The molecule has 0 aliphatic rings. The Kier molecular flexibility index (Phi) is 8.48. The molecular weight excluding hydrogens is 858 g/mol. The summed E-state index contributed by atoms with van der Waals surface area (Å²) in [5.41, 5.74) is 10.5. The molecule has 3 heterocycles. The molecular formula is C49H34N3O2Pt-. The number of rotatable bonds is 6. The number of aromatic hydroxyl groups is 1. The average Bonchev–Trinajstić information content (AvgIpc) is 3.80. The van der Waals surface area contributed by atoms with Crippen molar-refractivity contribution >= 4 is 43.7 Å². The van der Waals surface area contributed by atoms with E-state index in [1.54, 1.807) is 6.07 Å². The van der Waals surface area contributed by atoms with Crippen molar-refractivity contribution in [3.63, 3.8) is 0 Å². The second kappa shape index (κ2) is 13.5. The minimum atomic E-state index is -0.346. The van der Waals surface area contributed by atoms with Crippen molar-refractivity contribution in [2.24, 2.45) is 0 Å². The molecule has 10 aromatic rings. The number of nitrogens with zero attached hydrogens (tertiary/aromatic N) is 3. The van der Waals surface area contributed by atoms with Gasteiger partial charge in [-0.25, -0.2) is 4.98 Å². The van der Waals surface area contributed by atoms with Crippen LogP contribution in [0.3, 0.4) is 0 Å². The van der Waals surface area contributed by atoms with E-state index in [1.165, 1.54) is 5.56 Å². The third-order valence-corrected chi connectivity index (χ3v) is 10.7. The number of aromatic nitrogens is 3. The van der Waals surface area contributed by atoms with E-state index in [4.69, 9.17) is 14.4 Å². The van der Waals surface area contributed by atoms with Gasteiger partial charge in [0.1, 0.15) is 17.2 Å². The molecule has 1 N–H and O–H groups in total. The van der Waals surface area contributed by atoms with Crippen LogP contribution in [0.4, 0.5) is 0 Å². The molecule has 0 fully saturated rings. The fraction of sp³-hybridized carbons (Fsp3) is 0.0612. The van der Waals surface area contributed by atoms with Gasteiger partial charge < -0.3 is 9.52 Å². The average molecular weight is 892 g/mol. The Morgan fingerprint density at radius 2 is 1.35 bits per heavy atom. The van der Waals surface area contributed by atoms with Crippen LogP contribution < -0.4 is 0 Å². The van der Waals surface area contributed by atoms with E-state index in [-0.39, 0.29) is 32.2 Å². The van der Waals surface area contributed by atoms with E-state index in [1.807, 2.05) is 48.7 Å². The second-order valence-electron chi connectivity index (χ2n) is 14.3. The van der Waals surface area contributed by atoms with Crippen molar-refractivity contribution in [3.8, 4) is 45.2 Å². The topological polar surface area (TPSA) is 64.1 Å². The molecule has 0 unspecified atom stereocenters. The standard InChI is InChI=1S/C49H34N3O2.Pt/c1-49(2,34-15-5-3-6-16-34)35-27-32(26-33(28-35)41-29-40-45(30-50-41)54-44-25-24-31-14-9-10-19-37(31)46(40)44)38-21-13-22-42-47(38)51-48(39-20-11-12-23-43(39)53)52(42)36-17-7-4-8-18-36;/h3-25,27-30,53H,1-2H3;/q-1;. The summed E-state index contributed by atoms with van der Waals surface area (Å²) in [5, 5.41) is 15.5. The van der Waals surface area contributed by atoms with Gasteiger partial charge in [-0.05, 0) is 52.7 Å². The number of benzene rings is 7. The minimum Gasteiger partial charge on any atom is -0.507 e. The first kappa shape index (κ1) is 34.5. The Balaban J connectivity index is 0.00000397. The Morgan fingerprint density at radius 3 is 2.16 bits per heavy atom. The molecule has 55 heavy (non-hydrogen) atoms. The second-order valence-corrected chi connectivity index (χ2v) is 14.3. The fourth-order valence-electron chi connectivity index (χ4n) is 7.83. The molecule has 0 radical (unpaired) electrons. The van der Waals surface area contributed by atoms with Crippen LogP contribution in [-0.4, -0.2) is 19.6 Å². The van der Waals surface area contributed by atoms with Crippen LogP contribution in [0.15, 0.2) is 168 Å². The Labute approximate surface area is 332 Å². The molecule has 7 aromatic carbocycles. The zero-order valence-electron chi connectivity index (χ0n) is 30.1. The van der Waals surface area contributed by atoms with Gasteiger partial charge in [-0.15, -0.1) is 29.3 Å². The molecule has 0 amide bonds. The first-order valence-corrected chi connectivity index (χ1v) is 18.1. The molecule has 10 rings (SSSR count). The van der Waals surface area contributed by atoms with Crippen LogP contribution >= 0.6 is 0 Å². The first-order valence-electron chi connectivity index (χ1n) is 18.1. The molecule has 6 heteroatoms. The molecule has 0 atom stereocenters. The van der Waals surface area contributed by atoms with E-state index >= 15 is 0 Å². The SMILES string of the molecule is CC(C)(c1ccccc1)c1cc(-c2cc3c(cn2)oc2ccc4ccccc4c23)[c-]c(-c2cccc3c2nc(-c2ccccc2O)n3-c2ccccc2)c1.[Pt]. The number of hydrogen-bond donors (Lipinski definition) is 1. The smallest absolute Gasteiger partial charge is 0.152 e. The number of para-hydroxylation sites is 3. The number of fused-ring (bicyclic) bond motifs is 6. The maximum atomic E-state index is 11.1. The number of phenolic OH excluding ortho intramolecular Hbond substituents is 1. The summed E-state index contributed by atoms with van der Waals surface area (Å²) < 4.78 is 8.44. The summed E-state index contributed by atoms with van der Waals surface area (Å²) in [7, 11) is 0. The summed E-state index contributed by atoms with van der Waals surface area (Å²) >= 11 is 0. The Morgan fingerprint density at radius 1 is 0.636 bits per heavy atom. The van der Waals surface area contributed by atoms with E-state index in [0.717, 1.165) is 77.4 Å². The van der Waals surface area contributed by atoms with E-state index in [2.05, 4.69) is 134 Å². The van der Waals surface area contributed by atoms with Crippen molar-refractivity contribution in [1.29, 1.82) is 0 Å². The zero-order valence-corrected chi connectivity index (χ0v) is 32.4. The summed E-state index contributed by atoms with van der Waals surface area (Å²) in [4.78, 5) is 10.3. The normalized spacial score (nSPS) is 11.7. The van der Waals surface area contributed by atoms with Crippen molar-refractivity contribution in [2.45, 2.75) is 19.3 Å². The largest absolute Gasteiger partial charge is 0.507 e. The number of phenols is 1. The maximum Gasteiger partial charge on any atom is 0.152 e. The molecule has 0 aliphatic heterocycles. The zero-order chi connectivity index (χ0) is 36.4. The number of furan rings is 1. The van der Waals surface area contributed by atoms with Gasteiger partial charge in [0.2, 0.25) is 0 Å². The molecule has 0 bridgehead atoms. The molecule has 0 saturated heterocycles. The Hall–Kier alpha value is -6.29. The quantitative estimate of drug-likeness (QED) is 0.169. The van der Waals surface area contributed by atoms with Gasteiger partial charge >= 0.3 is 0 Å². The number of pyridine rings is 1. The van der Waals surface area contributed by atoms with Gasteiger partial charge in [0.25, 0.3) is 0 Å². The fourth-order valence-corrected chi connectivity index (χ4v) is 7.83. The molecule has 268 valence electrons. The predicted octanol–water partition coefficient (Wildman–Crippen LogP) is 12.3. The summed E-state index contributed by atoms with van der Waals surface area (Å²) in [5.74, 6) is 0.835. The molecule has 0 spiro atoms. The molecule has 5 nitrogen and oxygen atoms in total. The monoisotopic (exact) mass is 891 g/mol. The van der Waals surface area contributed by atoms with Gasteiger partial charge in [0, 0.05) is 48.6 Å². The van der Waals surface area contributed by atoms with Crippen LogP contribution in [0.25, 0.3) is 83.2 Å². The Bertz CT molecular complexity index is 3040. The summed E-state index contributed by atoms with van der Waals surface area (Å²) in [6, 6.07) is 57.4. The third kappa shape index (κ3) is 5.75. The van der Waals surface area contributed by atoms with Gasteiger partial charge in [0.15, 0.2) is 5.58 Å². The minimum absolute atomic E-state index is 0. The van der Waals surface area contributed by atoms with Crippen molar-refractivity contribution in [2.75, 3.05) is 0 Å². The maximum absolute atomic E-state index is 11.1. The van der Waals surface area contributed by atoms with E-state index in [9.17, 15) is 5.11 Å². The molecule has 3 aromatic heterocycles. The summed E-state index contributed by atoms with van der Waals surface area (Å²) in [6.45, 7) is 4.52. The van der Waals surface area contributed by atoms with E-state index < -0.39 is 0 Å². The van der Waals surface area contributed by atoms with Crippen LogP contribution in [0.1, 0.15) is 25.0 Å². The van der Waals surface area contributed by atoms with Crippen molar-refractivity contribution in [3.05, 3.63) is 181 Å². The summed E-state index contributed by atoms with van der Waals surface area (Å²) in [6.07, 6.45) is 1.84.